The Balaban J connectivity index is 0.000000107. The summed E-state index contributed by atoms with van der Waals surface area (Å²) in [6.07, 6.45) is 11.6. The summed E-state index contributed by atoms with van der Waals surface area (Å²) in [5.41, 5.74) is 0.639. The van der Waals surface area contributed by atoms with Crippen molar-refractivity contribution in [2.75, 3.05) is 13.1 Å². The molecule has 17 heavy (non-hydrogen) atoms. The molecule has 2 aliphatic heterocycles. The Morgan fingerprint density at radius 2 is 1.76 bits per heavy atom. The third-order valence-corrected chi connectivity index (χ3v) is 5.47. The zero-order chi connectivity index (χ0) is 11.7. The highest BCUT2D eigenvalue weighted by atomic mass is 15.0. The maximum Gasteiger partial charge on any atom is 0.0182 e. The summed E-state index contributed by atoms with van der Waals surface area (Å²) in [7, 11) is 0. The molecule has 4 rings (SSSR count). The van der Waals surface area contributed by atoms with Gasteiger partial charge in [-0.05, 0) is 63.5 Å². The Labute approximate surface area is 106 Å². The third kappa shape index (κ3) is 2.53. The standard InChI is InChI=1S/C8H15N.C7H13N/c1-2-5-8(4-1)6-3-7-9-8;1-5-2-6-4-8-7(6)3-5/h9H,1-7H2;5-8H,2-4H2,1H3. The minimum absolute atomic E-state index is 0.639. The first-order valence-corrected chi connectivity index (χ1v) is 7.76. The highest BCUT2D eigenvalue weighted by Crippen LogP contribution is 2.36. The second-order valence-corrected chi connectivity index (χ2v) is 6.87. The van der Waals surface area contributed by atoms with Crippen LogP contribution >= 0.6 is 0 Å². The molecule has 2 aliphatic carbocycles. The molecule has 0 amide bonds. The third-order valence-electron chi connectivity index (χ3n) is 5.47. The highest BCUT2D eigenvalue weighted by molar-refractivity contribution is 4.96. The molecule has 3 unspecified atom stereocenters. The zero-order valence-corrected chi connectivity index (χ0v) is 11.3. The maximum atomic E-state index is 3.63. The lowest BCUT2D eigenvalue weighted by molar-refractivity contribution is 0.274. The fourth-order valence-corrected chi connectivity index (χ4v) is 4.37. The molecule has 0 radical (unpaired) electrons. The van der Waals surface area contributed by atoms with Gasteiger partial charge in [0.1, 0.15) is 0 Å². The molecule has 1 spiro atoms. The summed E-state index contributed by atoms with van der Waals surface area (Å²) >= 11 is 0. The Kier molecular flexibility index (Phi) is 3.45. The lowest BCUT2D eigenvalue weighted by Gasteiger charge is -2.31. The number of fused-ring (bicyclic) bond motifs is 1. The zero-order valence-electron chi connectivity index (χ0n) is 11.3. The first-order valence-electron chi connectivity index (χ1n) is 7.76. The lowest BCUT2D eigenvalue weighted by Crippen LogP contribution is -2.49. The molecule has 4 fully saturated rings. The van der Waals surface area contributed by atoms with Crippen LogP contribution < -0.4 is 10.6 Å². The van der Waals surface area contributed by atoms with E-state index in [0.29, 0.717) is 5.54 Å². The molecule has 2 N–H and O–H groups in total. The molecular weight excluding hydrogens is 208 g/mol. The van der Waals surface area contributed by atoms with Crippen LogP contribution in [0.1, 0.15) is 58.3 Å². The number of hydrogen-bond acceptors (Lipinski definition) is 2. The Morgan fingerprint density at radius 1 is 1.00 bits per heavy atom. The van der Waals surface area contributed by atoms with Gasteiger partial charge in [0.15, 0.2) is 0 Å². The van der Waals surface area contributed by atoms with Crippen molar-refractivity contribution in [3.05, 3.63) is 0 Å². The Hall–Kier alpha value is -0.0800. The molecule has 2 nitrogen and oxygen atoms in total. The first kappa shape index (κ1) is 12.0. The molecule has 98 valence electrons. The quantitative estimate of drug-likeness (QED) is 0.676. The number of rotatable bonds is 0. The second kappa shape index (κ2) is 4.89. The van der Waals surface area contributed by atoms with Gasteiger partial charge in [0.25, 0.3) is 0 Å². The van der Waals surface area contributed by atoms with E-state index < -0.39 is 0 Å². The smallest absolute Gasteiger partial charge is 0.0182 e. The molecular formula is C15H28N2. The van der Waals surface area contributed by atoms with Crippen molar-refractivity contribution in [1.82, 2.24) is 10.6 Å². The van der Waals surface area contributed by atoms with Crippen LogP contribution in [0.5, 0.6) is 0 Å². The molecule has 3 atom stereocenters. The van der Waals surface area contributed by atoms with Gasteiger partial charge in [-0.25, -0.2) is 0 Å². The van der Waals surface area contributed by atoms with Crippen molar-refractivity contribution in [2.24, 2.45) is 11.8 Å². The predicted octanol–water partition coefficient (Wildman–Crippen LogP) is 2.69. The van der Waals surface area contributed by atoms with Gasteiger partial charge >= 0.3 is 0 Å². The predicted molar refractivity (Wildman–Crippen MR) is 72.1 cm³/mol. The molecule has 0 aromatic rings. The van der Waals surface area contributed by atoms with Gasteiger partial charge in [-0.1, -0.05) is 19.8 Å². The van der Waals surface area contributed by atoms with E-state index in [9.17, 15) is 0 Å². The lowest BCUT2D eigenvalue weighted by atomic mass is 9.96. The van der Waals surface area contributed by atoms with E-state index in [-0.39, 0.29) is 0 Å². The Bertz CT molecular complexity index is 222. The maximum absolute atomic E-state index is 3.63. The van der Waals surface area contributed by atoms with Crippen LogP contribution in [-0.2, 0) is 0 Å². The molecule has 0 aromatic heterocycles. The van der Waals surface area contributed by atoms with Gasteiger partial charge in [-0.2, -0.15) is 0 Å². The van der Waals surface area contributed by atoms with Crippen LogP contribution in [0.2, 0.25) is 0 Å². The van der Waals surface area contributed by atoms with Crippen molar-refractivity contribution < 1.29 is 0 Å². The summed E-state index contributed by atoms with van der Waals surface area (Å²) in [5, 5.41) is 7.07. The fourth-order valence-electron chi connectivity index (χ4n) is 4.37. The molecule has 4 aliphatic rings. The van der Waals surface area contributed by atoms with Crippen molar-refractivity contribution in [2.45, 2.75) is 69.9 Å². The van der Waals surface area contributed by atoms with Crippen LogP contribution in [0.4, 0.5) is 0 Å². The van der Waals surface area contributed by atoms with E-state index in [1.165, 1.54) is 64.5 Å². The Morgan fingerprint density at radius 3 is 2.18 bits per heavy atom. The van der Waals surface area contributed by atoms with Crippen molar-refractivity contribution >= 4 is 0 Å². The summed E-state index contributed by atoms with van der Waals surface area (Å²) in [6, 6.07) is 0.921. The monoisotopic (exact) mass is 236 g/mol. The summed E-state index contributed by atoms with van der Waals surface area (Å²) in [4.78, 5) is 0. The second-order valence-electron chi connectivity index (χ2n) is 6.87. The summed E-state index contributed by atoms with van der Waals surface area (Å²) in [6.45, 7) is 4.94. The average molecular weight is 236 g/mol. The number of nitrogens with one attached hydrogen (secondary N) is 2. The molecule has 2 saturated heterocycles. The van der Waals surface area contributed by atoms with Gasteiger partial charge in [0.05, 0.1) is 0 Å². The van der Waals surface area contributed by atoms with E-state index >= 15 is 0 Å². The van der Waals surface area contributed by atoms with Gasteiger partial charge in [0.2, 0.25) is 0 Å². The van der Waals surface area contributed by atoms with Crippen molar-refractivity contribution in [3.8, 4) is 0 Å². The van der Waals surface area contributed by atoms with Gasteiger partial charge in [-0.3, -0.25) is 0 Å². The molecule has 2 heteroatoms. The topological polar surface area (TPSA) is 24.1 Å². The fraction of sp³-hybridized carbons (Fsp3) is 1.00. The van der Waals surface area contributed by atoms with Crippen LogP contribution in [0, 0.1) is 11.8 Å². The molecule has 2 heterocycles. The normalized spacial score (nSPS) is 41.8. The van der Waals surface area contributed by atoms with E-state index in [0.717, 1.165) is 17.9 Å². The van der Waals surface area contributed by atoms with Crippen molar-refractivity contribution in [3.63, 3.8) is 0 Å². The van der Waals surface area contributed by atoms with Crippen molar-refractivity contribution in [1.29, 1.82) is 0 Å². The molecule has 2 saturated carbocycles. The van der Waals surface area contributed by atoms with Gasteiger partial charge in [0, 0.05) is 11.6 Å². The van der Waals surface area contributed by atoms with E-state index in [4.69, 9.17) is 0 Å². The minimum Gasteiger partial charge on any atom is -0.313 e. The highest BCUT2D eigenvalue weighted by Gasteiger charge is 2.37. The molecule has 0 aromatic carbocycles. The van der Waals surface area contributed by atoms with Crippen LogP contribution in [0.15, 0.2) is 0 Å². The van der Waals surface area contributed by atoms with Crippen LogP contribution in [-0.4, -0.2) is 24.7 Å². The number of hydrogen-bond donors (Lipinski definition) is 2. The largest absolute Gasteiger partial charge is 0.313 e. The minimum atomic E-state index is 0.639. The van der Waals surface area contributed by atoms with E-state index in [1.807, 2.05) is 0 Å². The first-order chi connectivity index (χ1) is 8.27. The van der Waals surface area contributed by atoms with Crippen LogP contribution in [0.3, 0.4) is 0 Å². The average Bonchev–Trinajstić information content (AvgIpc) is 3.00. The summed E-state index contributed by atoms with van der Waals surface area (Å²) < 4.78 is 0. The SMILES string of the molecule is C1CCC2(C1)CCCN2.CC1CC2CNC2C1. The van der Waals surface area contributed by atoms with E-state index in [2.05, 4.69) is 17.6 Å². The summed E-state index contributed by atoms with van der Waals surface area (Å²) in [5.74, 6) is 2.06. The van der Waals surface area contributed by atoms with Gasteiger partial charge < -0.3 is 10.6 Å². The van der Waals surface area contributed by atoms with Gasteiger partial charge in [-0.15, -0.1) is 0 Å². The van der Waals surface area contributed by atoms with E-state index in [1.54, 1.807) is 0 Å². The molecule has 0 bridgehead atoms. The van der Waals surface area contributed by atoms with Crippen LogP contribution in [0.25, 0.3) is 0 Å².